The number of likely N-dealkylation sites (tertiary alicyclic amines) is 1. The van der Waals surface area contributed by atoms with Crippen LogP contribution in [0.15, 0.2) is 16.6 Å². The fourth-order valence-corrected chi connectivity index (χ4v) is 4.67. The van der Waals surface area contributed by atoms with E-state index in [1.54, 1.807) is 4.90 Å². The highest BCUT2D eigenvalue weighted by Crippen LogP contribution is 2.51. The monoisotopic (exact) mass is 379 g/mol. The minimum Gasteiger partial charge on any atom is -0.465 e. The second-order valence-electron chi connectivity index (χ2n) is 6.45. The van der Waals surface area contributed by atoms with Gasteiger partial charge in [-0.05, 0) is 24.1 Å². The highest BCUT2D eigenvalue weighted by atomic mass is 79.9. The van der Waals surface area contributed by atoms with Crippen molar-refractivity contribution in [3.05, 3.63) is 22.2 Å². The Morgan fingerprint density at radius 2 is 2.13 bits per heavy atom. The predicted octanol–water partition coefficient (Wildman–Crippen LogP) is 2.47. The Hall–Kier alpha value is -1.76. The Kier molecular flexibility index (Phi) is 3.30. The number of fused-ring (bicyclic) bond motifs is 3. The normalized spacial score (nSPS) is 26.0. The zero-order valence-electron chi connectivity index (χ0n) is 12.8. The summed E-state index contributed by atoms with van der Waals surface area (Å²) in [6, 6.07) is 4.36. The van der Waals surface area contributed by atoms with E-state index in [1.165, 1.54) is 4.90 Å². The lowest BCUT2D eigenvalue weighted by atomic mass is 9.89. The standard InChI is InChI=1S/C16H18BrN3O3/c1-18-13-7-9(17)6-10-11-8-19(16(22)23)4-2-12(11)20(15(10)13)5-3-14(18)21/h6-7,11-12H,2-5,8H2,1H3,(H,22,23)/t11-,12-/m0/s1. The van der Waals surface area contributed by atoms with Gasteiger partial charge in [-0.25, -0.2) is 4.79 Å². The number of carbonyl (C=O) groups excluding carboxylic acids is 1. The molecule has 0 radical (unpaired) electrons. The second kappa shape index (κ2) is 5.12. The van der Waals surface area contributed by atoms with E-state index in [4.69, 9.17) is 0 Å². The zero-order valence-corrected chi connectivity index (χ0v) is 14.4. The van der Waals surface area contributed by atoms with E-state index in [1.807, 2.05) is 13.1 Å². The van der Waals surface area contributed by atoms with Gasteiger partial charge in [0.05, 0.1) is 11.4 Å². The van der Waals surface area contributed by atoms with Crippen molar-refractivity contribution in [1.82, 2.24) is 4.90 Å². The molecule has 3 aliphatic heterocycles. The van der Waals surface area contributed by atoms with Crippen molar-refractivity contribution < 1.29 is 14.7 Å². The number of anilines is 2. The molecule has 4 rings (SSSR count). The molecular weight excluding hydrogens is 362 g/mol. The number of hydrogen-bond acceptors (Lipinski definition) is 3. The smallest absolute Gasteiger partial charge is 0.407 e. The number of carboxylic acid groups (broad SMARTS) is 1. The number of halogens is 1. The molecule has 6 nitrogen and oxygen atoms in total. The van der Waals surface area contributed by atoms with Crippen molar-refractivity contribution in [1.29, 1.82) is 0 Å². The van der Waals surface area contributed by atoms with Crippen LogP contribution in [-0.4, -0.2) is 54.7 Å². The minimum atomic E-state index is -0.849. The molecule has 1 aromatic rings. The number of piperidine rings is 1. The summed E-state index contributed by atoms with van der Waals surface area (Å²) in [4.78, 5) is 29.2. The van der Waals surface area contributed by atoms with Gasteiger partial charge in [-0.1, -0.05) is 15.9 Å². The van der Waals surface area contributed by atoms with Gasteiger partial charge < -0.3 is 19.8 Å². The number of rotatable bonds is 0. The molecule has 0 unspecified atom stereocenters. The summed E-state index contributed by atoms with van der Waals surface area (Å²) >= 11 is 3.55. The van der Waals surface area contributed by atoms with Gasteiger partial charge in [-0.15, -0.1) is 0 Å². The topological polar surface area (TPSA) is 64.1 Å². The molecule has 3 aliphatic rings. The molecule has 2 atom stereocenters. The maximum atomic E-state index is 12.3. The molecule has 0 aliphatic carbocycles. The van der Waals surface area contributed by atoms with Gasteiger partial charge in [0.1, 0.15) is 0 Å². The molecule has 1 N–H and O–H groups in total. The Morgan fingerprint density at radius 1 is 1.35 bits per heavy atom. The summed E-state index contributed by atoms with van der Waals surface area (Å²) in [6.07, 6.45) is 0.451. The van der Waals surface area contributed by atoms with Crippen LogP contribution in [0.25, 0.3) is 0 Å². The molecule has 0 aromatic heterocycles. The Balaban J connectivity index is 1.84. The van der Waals surface area contributed by atoms with Gasteiger partial charge in [-0.3, -0.25) is 4.79 Å². The van der Waals surface area contributed by atoms with Crippen LogP contribution in [0.3, 0.4) is 0 Å². The third kappa shape index (κ3) is 2.13. The molecule has 2 amide bonds. The first-order chi connectivity index (χ1) is 11.0. The van der Waals surface area contributed by atoms with Crippen LogP contribution >= 0.6 is 15.9 Å². The lowest BCUT2D eigenvalue weighted by molar-refractivity contribution is -0.118. The number of benzene rings is 1. The number of nitrogens with zero attached hydrogens (tertiary/aromatic N) is 3. The van der Waals surface area contributed by atoms with Crippen molar-refractivity contribution in [3.8, 4) is 0 Å². The fraction of sp³-hybridized carbons (Fsp3) is 0.500. The second-order valence-corrected chi connectivity index (χ2v) is 7.37. The average Bonchev–Trinajstić information content (AvgIpc) is 2.77. The molecule has 0 bridgehead atoms. The third-order valence-electron chi connectivity index (χ3n) is 5.32. The molecule has 1 saturated heterocycles. The van der Waals surface area contributed by atoms with Crippen LogP contribution in [0.4, 0.5) is 16.2 Å². The third-order valence-corrected chi connectivity index (χ3v) is 5.78. The summed E-state index contributed by atoms with van der Waals surface area (Å²) in [5, 5.41) is 9.32. The van der Waals surface area contributed by atoms with Crippen LogP contribution in [-0.2, 0) is 4.79 Å². The molecule has 1 aromatic carbocycles. The summed E-state index contributed by atoms with van der Waals surface area (Å²) in [5.74, 6) is 0.298. The predicted molar refractivity (Wildman–Crippen MR) is 90.3 cm³/mol. The van der Waals surface area contributed by atoms with E-state index in [2.05, 4.69) is 26.9 Å². The SMILES string of the molecule is CN1C(=O)CCN2c3c(cc(Br)cc31)[C@@H]1CN(C(=O)O)CC[C@@H]12. The summed E-state index contributed by atoms with van der Waals surface area (Å²) in [7, 11) is 1.82. The lowest BCUT2D eigenvalue weighted by Gasteiger charge is -2.37. The van der Waals surface area contributed by atoms with Crippen molar-refractivity contribution in [2.24, 2.45) is 0 Å². The molecule has 7 heteroatoms. The largest absolute Gasteiger partial charge is 0.465 e. The maximum absolute atomic E-state index is 12.3. The van der Waals surface area contributed by atoms with E-state index in [-0.39, 0.29) is 17.9 Å². The van der Waals surface area contributed by atoms with Crippen LogP contribution in [0.2, 0.25) is 0 Å². The highest BCUT2D eigenvalue weighted by molar-refractivity contribution is 9.10. The van der Waals surface area contributed by atoms with Gasteiger partial charge >= 0.3 is 6.09 Å². The zero-order chi connectivity index (χ0) is 16.3. The Labute approximate surface area is 142 Å². The van der Waals surface area contributed by atoms with E-state index in [9.17, 15) is 14.7 Å². The Bertz CT molecular complexity index is 708. The van der Waals surface area contributed by atoms with Gasteiger partial charge in [0, 0.05) is 49.5 Å². The number of hydrogen-bond donors (Lipinski definition) is 1. The van der Waals surface area contributed by atoms with Crippen LogP contribution < -0.4 is 9.80 Å². The number of amides is 2. The lowest BCUT2D eigenvalue weighted by Crippen LogP contribution is -2.48. The maximum Gasteiger partial charge on any atom is 0.407 e. The van der Waals surface area contributed by atoms with Crippen LogP contribution in [0, 0.1) is 0 Å². The van der Waals surface area contributed by atoms with E-state index >= 15 is 0 Å². The highest BCUT2D eigenvalue weighted by Gasteiger charge is 2.45. The van der Waals surface area contributed by atoms with Crippen molar-refractivity contribution in [2.75, 3.05) is 36.5 Å². The molecule has 1 fully saturated rings. The van der Waals surface area contributed by atoms with Gasteiger partial charge in [0.25, 0.3) is 0 Å². The van der Waals surface area contributed by atoms with Gasteiger partial charge in [0.15, 0.2) is 0 Å². The summed E-state index contributed by atoms with van der Waals surface area (Å²) in [5.41, 5.74) is 3.20. The van der Waals surface area contributed by atoms with Gasteiger partial charge in [-0.2, -0.15) is 0 Å². The van der Waals surface area contributed by atoms with Crippen LogP contribution in [0.1, 0.15) is 24.3 Å². The minimum absolute atomic E-state index is 0.124. The van der Waals surface area contributed by atoms with E-state index in [0.717, 1.165) is 27.8 Å². The van der Waals surface area contributed by atoms with Crippen molar-refractivity contribution >= 4 is 39.3 Å². The molecular formula is C16H18BrN3O3. The van der Waals surface area contributed by atoms with Crippen molar-refractivity contribution in [2.45, 2.75) is 24.8 Å². The van der Waals surface area contributed by atoms with Gasteiger partial charge in [0.2, 0.25) is 5.91 Å². The quantitative estimate of drug-likeness (QED) is 0.751. The first kappa shape index (κ1) is 14.8. The fourth-order valence-electron chi connectivity index (χ4n) is 4.21. The molecule has 0 spiro atoms. The van der Waals surface area contributed by atoms with E-state index < -0.39 is 6.09 Å². The molecule has 122 valence electrons. The summed E-state index contributed by atoms with van der Waals surface area (Å²) in [6.45, 7) is 1.79. The Morgan fingerprint density at radius 3 is 2.87 bits per heavy atom. The average molecular weight is 380 g/mol. The van der Waals surface area contributed by atoms with Crippen LogP contribution in [0.5, 0.6) is 0 Å². The first-order valence-electron chi connectivity index (χ1n) is 7.82. The molecule has 23 heavy (non-hydrogen) atoms. The van der Waals surface area contributed by atoms with Crippen molar-refractivity contribution in [3.63, 3.8) is 0 Å². The van der Waals surface area contributed by atoms with E-state index in [0.29, 0.717) is 26.1 Å². The number of carbonyl (C=O) groups is 2. The molecule has 0 saturated carbocycles. The summed E-state index contributed by atoms with van der Waals surface area (Å²) < 4.78 is 0.931. The first-order valence-corrected chi connectivity index (χ1v) is 8.61. The molecule has 3 heterocycles.